The highest BCUT2D eigenvalue weighted by molar-refractivity contribution is 5.92. The van der Waals surface area contributed by atoms with Crippen LogP contribution >= 0.6 is 12.4 Å². The number of amides is 1. The summed E-state index contributed by atoms with van der Waals surface area (Å²) < 4.78 is 0. The van der Waals surface area contributed by atoms with E-state index in [1.54, 1.807) is 0 Å². The maximum absolute atomic E-state index is 12.2. The monoisotopic (exact) mass is 339 g/mol. The zero-order valence-electron chi connectivity index (χ0n) is 14.4. The molecule has 0 aromatic heterocycles. The molecular weight excluding hydrogens is 310 g/mol. The van der Waals surface area contributed by atoms with E-state index in [-0.39, 0.29) is 18.3 Å². The van der Waals surface area contributed by atoms with Crippen LogP contribution < -0.4 is 11.1 Å². The van der Waals surface area contributed by atoms with Gasteiger partial charge in [-0.15, -0.1) is 12.4 Å². The standard InChI is InChI=1S/C18H29N3O.ClH/c1-13(2)15-4-6-16(7-5-15)20-18(22)12-21-9-8-14(3)10-17(21)11-19;/h4-7,13-14,17H,8-12,19H2,1-3H3,(H,20,22);1H. The quantitative estimate of drug-likeness (QED) is 0.865. The van der Waals surface area contributed by atoms with Crippen molar-refractivity contribution >= 4 is 24.0 Å². The predicted molar refractivity (Wildman–Crippen MR) is 99.2 cm³/mol. The predicted octanol–water partition coefficient (Wildman–Crippen LogP) is 3.23. The number of rotatable bonds is 5. The van der Waals surface area contributed by atoms with Gasteiger partial charge in [-0.05, 0) is 48.9 Å². The zero-order valence-corrected chi connectivity index (χ0v) is 15.2. The molecular formula is C18H30ClN3O. The Balaban J connectivity index is 0.00000264. The van der Waals surface area contributed by atoms with Crippen LogP contribution in [0.15, 0.2) is 24.3 Å². The van der Waals surface area contributed by atoms with Gasteiger partial charge in [0.2, 0.25) is 5.91 Å². The molecule has 0 bridgehead atoms. The molecule has 0 saturated carbocycles. The first kappa shape index (κ1) is 19.9. The third-order valence-corrected chi connectivity index (χ3v) is 4.58. The zero-order chi connectivity index (χ0) is 16.1. The number of nitrogens with one attached hydrogen (secondary N) is 1. The summed E-state index contributed by atoms with van der Waals surface area (Å²) in [5.41, 5.74) is 8.00. The van der Waals surface area contributed by atoms with Crippen molar-refractivity contribution in [1.29, 1.82) is 0 Å². The highest BCUT2D eigenvalue weighted by Crippen LogP contribution is 2.22. The molecule has 0 radical (unpaired) electrons. The molecule has 0 aliphatic carbocycles. The molecule has 2 unspecified atom stereocenters. The summed E-state index contributed by atoms with van der Waals surface area (Å²) in [7, 11) is 0. The van der Waals surface area contributed by atoms with Gasteiger partial charge in [-0.2, -0.15) is 0 Å². The molecule has 1 heterocycles. The minimum absolute atomic E-state index is 0. The Bertz CT molecular complexity index is 490. The highest BCUT2D eigenvalue weighted by Gasteiger charge is 2.26. The molecule has 0 spiro atoms. The second-order valence-electron chi connectivity index (χ2n) is 6.81. The van der Waals surface area contributed by atoms with E-state index in [4.69, 9.17) is 5.73 Å². The molecule has 5 heteroatoms. The maximum Gasteiger partial charge on any atom is 0.238 e. The van der Waals surface area contributed by atoms with E-state index in [0.717, 1.165) is 25.1 Å². The van der Waals surface area contributed by atoms with Crippen molar-refractivity contribution in [3.05, 3.63) is 29.8 Å². The van der Waals surface area contributed by atoms with Gasteiger partial charge in [0.15, 0.2) is 0 Å². The van der Waals surface area contributed by atoms with E-state index in [1.807, 2.05) is 12.1 Å². The Morgan fingerprint density at radius 1 is 1.35 bits per heavy atom. The molecule has 130 valence electrons. The largest absolute Gasteiger partial charge is 0.329 e. The second-order valence-corrected chi connectivity index (χ2v) is 6.81. The van der Waals surface area contributed by atoms with Crippen molar-refractivity contribution in [2.75, 3.05) is 25.0 Å². The number of halogens is 1. The van der Waals surface area contributed by atoms with Gasteiger partial charge in [-0.25, -0.2) is 0 Å². The van der Waals surface area contributed by atoms with Crippen molar-refractivity contribution in [3.8, 4) is 0 Å². The van der Waals surface area contributed by atoms with Crippen molar-refractivity contribution in [3.63, 3.8) is 0 Å². The number of nitrogens with zero attached hydrogens (tertiary/aromatic N) is 1. The van der Waals surface area contributed by atoms with Gasteiger partial charge in [0.05, 0.1) is 6.54 Å². The van der Waals surface area contributed by atoms with Gasteiger partial charge in [0.1, 0.15) is 0 Å². The summed E-state index contributed by atoms with van der Waals surface area (Å²) in [5.74, 6) is 1.26. The van der Waals surface area contributed by atoms with Gasteiger partial charge >= 0.3 is 0 Å². The van der Waals surface area contributed by atoms with Crippen LogP contribution in [0, 0.1) is 5.92 Å². The molecule has 2 rings (SSSR count). The van der Waals surface area contributed by atoms with Crippen LogP contribution in [0.5, 0.6) is 0 Å². The average molecular weight is 340 g/mol. The second kappa shape index (κ2) is 9.26. The topological polar surface area (TPSA) is 58.4 Å². The normalized spacial score (nSPS) is 21.8. The number of nitrogens with two attached hydrogens (primary N) is 1. The van der Waals surface area contributed by atoms with Crippen LogP contribution in [0.2, 0.25) is 0 Å². The van der Waals surface area contributed by atoms with E-state index in [2.05, 4.69) is 43.1 Å². The van der Waals surface area contributed by atoms with Crippen LogP contribution in [0.25, 0.3) is 0 Å². The molecule has 23 heavy (non-hydrogen) atoms. The van der Waals surface area contributed by atoms with Crippen LogP contribution in [0.1, 0.15) is 45.1 Å². The van der Waals surface area contributed by atoms with E-state index >= 15 is 0 Å². The van der Waals surface area contributed by atoms with Crippen molar-refractivity contribution in [1.82, 2.24) is 4.90 Å². The molecule has 1 aromatic rings. The number of carbonyl (C=O) groups is 1. The Morgan fingerprint density at radius 3 is 2.57 bits per heavy atom. The third-order valence-electron chi connectivity index (χ3n) is 4.58. The number of likely N-dealkylation sites (tertiary alicyclic amines) is 1. The van der Waals surface area contributed by atoms with Crippen LogP contribution in [-0.2, 0) is 4.79 Å². The SMILES string of the molecule is CC1CCN(CC(=O)Nc2ccc(C(C)C)cc2)C(CN)C1.Cl. The summed E-state index contributed by atoms with van der Waals surface area (Å²) in [6.07, 6.45) is 2.24. The maximum atomic E-state index is 12.2. The molecule has 1 fully saturated rings. The molecule has 1 aliphatic rings. The van der Waals surface area contributed by atoms with E-state index in [1.165, 1.54) is 5.56 Å². The summed E-state index contributed by atoms with van der Waals surface area (Å²) in [6.45, 7) is 8.61. The number of piperidine rings is 1. The first-order valence-electron chi connectivity index (χ1n) is 8.33. The van der Waals surface area contributed by atoms with Crippen LogP contribution in [0.4, 0.5) is 5.69 Å². The van der Waals surface area contributed by atoms with Crippen molar-refractivity contribution < 1.29 is 4.79 Å². The minimum Gasteiger partial charge on any atom is -0.329 e. The van der Waals surface area contributed by atoms with Gasteiger partial charge in [0.25, 0.3) is 0 Å². The number of hydrogen-bond donors (Lipinski definition) is 2. The fraction of sp³-hybridized carbons (Fsp3) is 0.611. The lowest BCUT2D eigenvalue weighted by atomic mass is 9.92. The van der Waals surface area contributed by atoms with Crippen LogP contribution in [-0.4, -0.2) is 36.5 Å². The molecule has 1 aromatic carbocycles. The number of hydrogen-bond acceptors (Lipinski definition) is 3. The van der Waals surface area contributed by atoms with Gasteiger partial charge in [-0.1, -0.05) is 32.9 Å². The lowest BCUT2D eigenvalue weighted by Crippen LogP contribution is -2.49. The molecule has 4 nitrogen and oxygen atoms in total. The number of benzene rings is 1. The average Bonchev–Trinajstić information content (AvgIpc) is 2.49. The lowest BCUT2D eigenvalue weighted by molar-refractivity contribution is -0.118. The fourth-order valence-corrected chi connectivity index (χ4v) is 3.09. The van der Waals surface area contributed by atoms with Gasteiger partial charge in [0, 0.05) is 18.3 Å². The van der Waals surface area contributed by atoms with E-state index in [9.17, 15) is 4.79 Å². The number of carbonyl (C=O) groups excluding carboxylic acids is 1. The van der Waals surface area contributed by atoms with E-state index in [0.29, 0.717) is 31.0 Å². The summed E-state index contributed by atoms with van der Waals surface area (Å²) in [5, 5.41) is 2.99. The lowest BCUT2D eigenvalue weighted by Gasteiger charge is -2.37. The summed E-state index contributed by atoms with van der Waals surface area (Å²) in [6, 6.07) is 8.44. The van der Waals surface area contributed by atoms with Crippen molar-refractivity contribution in [2.24, 2.45) is 11.7 Å². The Morgan fingerprint density at radius 2 is 2.00 bits per heavy atom. The van der Waals surface area contributed by atoms with Gasteiger partial charge < -0.3 is 11.1 Å². The molecule has 1 aliphatic heterocycles. The van der Waals surface area contributed by atoms with Crippen LogP contribution in [0.3, 0.4) is 0 Å². The van der Waals surface area contributed by atoms with Gasteiger partial charge in [-0.3, -0.25) is 9.69 Å². The number of anilines is 1. The van der Waals surface area contributed by atoms with E-state index < -0.39 is 0 Å². The molecule has 3 N–H and O–H groups in total. The molecule has 1 saturated heterocycles. The third kappa shape index (κ3) is 5.79. The van der Waals surface area contributed by atoms with Crippen molar-refractivity contribution in [2.45, 2.75) is 45.6 Å². The molecule has 2 atom stereocenters. The minimum atomic E-state index is 0. The molecule has 1 amide bonds. The summed E-state index contributed by atoms with van der Waals surface area (Å²) in [4.78, 5) is 14.5. The Hall–Kier alpha value is -1.10. The summed E-state index contributed by atoms with van der Waals surface area (Å²) >= 11 is 0. The smallest absolute Gasteiger partial charge is 0.238 e. The first-order chi connectivity index (χ1) is 10.5. The highest BCUT2D eigenvalue weighted by atomic mass is 35.5. The fourth-order valence-electron chi connectivity index (χ4n) is 3.09. The Labute approximate surface area is 146 Å². The first-order valence-corrected chi connectivity index (χ1v) is 8.33. The Kier molecular flexibility index (Phi) is 8.03.